The highest BCUT2D eigenvalue weighted by Crippen LogP contribution is 2.38. The minimum atomic E-state index is -0.473. The first kappa shape index (κ1) is 13.2. The van der Waals surface area contributed by atoms with Crippen LogP contribution in [0.1, 0.15) is 0 Å². The summed E-state index contributed by atoms with van der Waals surface area (Å²) in [6.07, 6.45) is 0. The molecule has 0 N–H and O–H groups in total. The van der Waals surface area contributed by atoms with Gasteiger partial charge in [-0.1, -0.05) is 28.4 Å². The van der Waals surface area contributed by atoms with Gasteiger partial charge in [0.15, 0.2) is 5.58 Å². The molecule has 2 aromatic carbocycles. The molecule has 102 valence electrons. The average Bonchev–Trinajstić information content (AvgIpc) is 2.84. The van der Waals surface area contributed by atoms with E-state index in [-0.39, 0.29) is 0 Å². The van der Waals surface area contributed by atoms with Crippen LogP contribution in [-0.2, 0) is 0 Å². The van der Waals surface area contributed by atoms with Gasteiger partial charge in [-0.15, -0.1) is 0 Å². The fourth-order valence-corrected chi connectivity index (χ4v) is 2.42. The van der Waals surface area contributed by atoms with E-state index in [0.717, 1.165) is 0 Å². The van der Waals surface area contributed by atoms with Crippen LogP contribution < -0.4 is 4.74 Å². The van der Waals surface area contributed by atoms with Gasteiger partial charge in [0.2, 0.25) is 0 Å². The summed E-state index contributed by atoms with van der Waals surface area (Å²) in [7, 11) is 1.50. The molecule has 0 spiro atoms. The van der Waals surface area contributed by atoms with Gasteiger partial charge in [-0.3, -0.25) is 0 Å². The van der Waals surface area contributed by atoms with E-state index in [1.54, 1.807) is 24.3 Å². The second-order valence-corrected chi connectivity index (χ2v) is 4.93. The van der Waals surface area contributed by atoms with Crippen molar-refractivity contribution in [2.45, 2.75) is 0 Å². The van der Waals surface area contributed by atoms with E-state index in [1.165, 1.54) is 13.2 Å². The maximum Gasteiger partial charge on any atom is 0.189 e. The normalized spacial score (nSPS) is 11.0. The quantitative estimate of drug-likeness (QED) is 0.671. The monoisotopic (exact) mass is 311 g/mol. The third kappa shape index (κ3) is 2.01. The molecule has 0 bridgehead atoms. The topological polar surface area (TPSA) is 35.3 Å². The number of nitrogens with zero attached hydrogens (tertiary/aromatic N) is 1. The Kier molecular flexibility index (Phi) is 3.28. The van der Waals surface area contributed by atoms with Crippen molar-refractivity contribution >= 4 is 34.2 Å². The molecule has 0 aliphatic carbocycles. The van der Waals surface area contributed by atoms with Crippen molar-refractivity contribution in [1.82, 2.24) is 5.16 Å². The van der Waals surface area contributed by atoms with Crippen LogP contribution in [-0.4, -0.2) is 12.3 Å². The lowest BCUT2D eigenvalue weighted by atomic mass is 10.1. The van der Waals surface area contributed by atoms with Crippen LogP contribution in [0.4, 0.5) is 4.39 Å². The molecular weight excluding hydrogens is 304 g/mol. The van der Waals surface area contributed by atoms with Gasteiger partial charge in [-0.05, 0) is 30.3 Å². The van der Waals surface area contributed by atoms with Crippen LogP contribution in [0.2, 0.25) is 10.0 Å². The highest BCUT2D eigenvalue weighted by Gasteiger charge is 2.18. The zero-order valence-electron chi connectivity index (χ0n) is 10.3. The van der Waals surface area contributed by atoms with Crippen LogP contribution in [0.15, 0.2) is 34.9 Å². The largest absolute Gasteiger partial charge is 0.495 e. The van der Waals surface area contributed by atoms with E-state index in [2.05, 4.69) is 5.16 Å². The summed E-state index contributed by atoms with van der Waals surface area (Å²) >= 11 is 11.9. The Morgan fingerprint density at radius 3 is 2.70 bits per heavy atom. The minimum Gasteiger partial charge on any atom is -0.495 e. The minimum absolute atomic E-state index is 0.300. The summed E-state index contributed by atoms with van der Waals surface area (Å²) < 4.78 is 24.3. The van der Waals surface area contributed by atoms with Gasteiger partial charge in [0.25, 0.3) is 0 Å². The Hall–Kier alpha value is -1.78. The van der Waals surface area contributed by atoms with Gasteiger partial charge in [0.05, 0.1) is 12.5 Å². The van der Waals surface area contributed by atoms with Gasteiger partial charge in [0, 0.05) is 10.6 Å². The smallest absolute Gasteiger partial charge is 0.189 e. The summed E-state index contributed by atoms with van der Waals surface area (Å²) in [5.41, 5.74) is 1.03. The molecular formula is C14H8Cl2FNO2. The van der Waals surface area contributed by atoms with Crippen molar-refractivity contribution in [3.63, 3.8) is 0 Å². The Bertz CT molecular complexity index is 801. The van der Waals surface area contributed by atoms with E-state index in [9.17, 15) is 4.39 Å². The number of hydrogen-bond donors (Lipinski definition) is 0. The first-order valence-electron chi connectivity index (χ1n) is 5.69. The molecule has 0 amide bonds. The third-order valence-corrected chi connectivity index (χ3v) is 3.54. The molecule has 0 radical (unpaired) electrons. The van der Waals surface area contributed by atoms with Crippen molar-refractivity contribution < 1.29 is 13.7 Å². The SMILES string of the molecule is COc1ccc2c(-c3ccc(Cl)cc3F)noc2c1Cl. The van der Waals surface area contributed by atoms with Gasteiger partial charge in [-0.25, -0.2) is 4.39 Å². The Morgan fingerprint density at radius 1 is 1.20 bits per heavy atom. The number of halogens is 3. The predicted molar refractivity (Wildman–Crippen MR) is 76.0 cm³/mol. The second-order valence-electron chi connectivity index (χ2n) is 4.11. The van der Waals surface area contributed by atoms with Crippen molar-refractivity contribution in [1.29, 1.82) is 0 Å². The molecule has 0 saturated carbocycles. The number of fused-ring (bicyclic) bond motifs is 1. The lowest BCUT2D eigenvalue weighted by Crippen LogP contribution is -1.86. The molecule has 0 aliphatic rings. The molecule has 20 heavy (non-hydrogen) atoms. The zero-order valence-corrected chi connectivity index (χ0v) is 11.8. The molecule has 0 atom stereocenters. The third-order valence-electron chi connectivity index (χ3n) is 2.95. The molecule has 0 aliphatic heterocycles. The van der Waals surface area contributed by atoms with E-state index < -0.39 is 5.82 Å². The molecule has 0 fully saturated rings. The number of hydrogen-bond acceptors (Lipinski definition) is 3. The van der Waals surface area contributed by atoms with Crippen molar-refractivity contribution in [3.8, 4) is 17.0 Å². The fourth-order valence-electron chi connectivity index (χ4n) is 1.99. The number of rotatable bonds is 2. The highest BCUT2D eigenvalue weighted by atomic mass is 35.5. The molecule has 1 aromatic heterocycles. The maximum absolute atomic E-state index is 14.0. The van der Waals surface area contributed by atoms with Crippen LogP contribution >= 0.6 is 23.2 Å². The van der Waals surface area contributed by atoms with Crippen LogP contribution in [0, 0.1) is 5.82 Å². The van der Waals surface area contributed by atoms with Crippen molar-refractivity contribution in [2.75, 3.05) is 7.11 Å². The lowest BCUT2D eigenvalue weighted by molar-refractivity contribution is 0.412. The number of aromatic nitrogens is 1. The number of methoxy groups -OCH3 is 1. The van der Waals surface area contributed by atoms with Gasteiger partial charge in [0.1, 0.15) is 22.3 Å². The highest BCUT2D eigenvalue weighted by molar-refractivity contribution is 6.36. The van der Waals surface area contributed by atoms with Crippen LogP contribution in [0.3, 0.4) is 0 Å². The summed E-state index contributed by atoms with van der Waals surface area (Å²) in [6.45, 7) is 0. The molecule has 6 heteroatoms. The van der Waals surface area contributed by atoms with E-state index >= 15 is 0 Å². The Labute approximate surface area is 123 Å². The first-order valence-corrected chi connectivity index (χ1v) is 6.44. The second kappa shape index (κ2) is 4.96. The molecule has 3 aromatic rings. The van der Waals surface area contributed by atoms with Crippen molar-refractivity contribution in [2.24, 2.45) is 0 Å². The first-order chi connectivity index (χ1) is 9.61. The van der Waals surface area contributed by atoms with Gasteiger partial charge in [-0.2, -0.15) is 0 Å². The molecule has 0 unspecified atom stereocenters. The summed E-state index contributed by atoms with van der Waals surface area (Å²) in [5, 5.41) is 5.12. The number of benzene rings is 2. The average molecular weight is 312 g/mol. The molecule has 3 nitrogen and oxygen atoms in total. The zero-order chi connectivity index (χ0) is 14.3. The summed E-state index contributed by atoms with van der Waals surface area (Å²) in [6, 6.07) is 7.76. The van der Waals surface area contributed by atoms with Crippen molar-refractivity contribution in [3.05, 3.63) is 46.2 Å². The van der Waals surface area contributed by atoms with E-state index in [1.807, 2.05) is 0 Å². The van der Waals surface area contributed by atoms with Crippen LogP contribution in [0.5, 0.6) is 5.75 Å². The maximum atomic E-state index is 14.0. The van der Waals surface area contributed by atoms with Gasteiger partial charge >= 0.3 is 0 Å². The molecule has 3 rings (SSSR count). The molecule has 1 heterocycles. The van der Waals surface area contributed by atoms with E-state index in [4.69, 9.17) is 32.5 Å². The summed E-state index contributed by atoms with van der Waals surface area (Å²) in [5.74, 6) is -0.00177. The van der Waals surface area contributed by atoms with Gasteiger partial charge < -0.3 is 9.26 Å². The lowest BCUT2D eigenvalue weighted by Gasteiger charge is -2.03. The number of ether oxygens (including phenoxy) is 1. The van der Waals surface area contributed by atoms with Crippen LogP contribution in [0.25, 0.3) is 22.2 Å². The Morgan fingerprint density at radius 2 is 2.00 bits per heavy atom. The summed E-state index contributed by atoms with van der Waals surface area (Å²) in [4.78, 5) is 0. The fraction of sp³-hybridized carbons (Fsp3) is 0.0714. The molecule has 0 saturated heterocycles. The Balaban J connectivity index is 2.25. The predicted octanol–water partition coefficient (Wildman–Crippen LogP) is 4.95. The van der Waals surface area contributed by atoms with E-state index in [0.29, 0.717) is 38.0 Å². The standard InChI is InChI=1S/C14H8Cl2FNO2/c1-19-11-5-4-9-13(18-20-14(9)12(11)16)8-3-2-7(15)6-10(8)17/h2-6H,1H3.